The molecule has 0 bridgehead atoms. The fourth-order valence-electron chi connectivity index (χ4n) is 3.18. The van der Waals surface area contributed by atoms with Gasteiger partial charge in [0.05, 0.1) is 0 Å². The van der Waals surface area contributed by atoms with Crippen LogP contribution >= 0.6 is 0 Å². The van der Waals surface area contributed by atoms with Gasteiger partial charge < -0.3 is 10.0 Å². The van der Waals surface area contributed by atoms with Crippen LogP contribution in [-0.4, -0.2) is 29.1 Å². The van der Waals surface area contributed by atoms with Gasteiger partial charge in [0.2, 0.25) is 0 Å². The quantitative estimate of drug-likeness (QED) is 0.935. The zero-order valence-electron chi connectivity index (χ0n) is 12.0. The van der Waals surface area contributed by atoms with E-state index in [1.165, 1.54) is 10.8 Å². The van der Waals surface area contributed by atoms with E-state index < -0.39 is 5.97 Å². The summed E-state index contributed by atoms with van der Waals surface area (Å²) in [6.45, 7) is 1.92. The van der Waals surface area contributed by atoms with Gasteiger partial charge in [-0.25, -0.2) is 4.98 Å². The maximum absolute atomic E-state index is 10.7. The summed E-state index contributed by atoms with van der Waals surface area (Å²) in [5, 5.41) is 11.2. The van der Waals surface area contributed by atoms with Crippen LogP contribution in [0.15, 0.2) is 36.5 Å². The average Bonchev–Trinajstić information content (AvgIpc) is 2.52. The van der Waals surface area contributed by atoms with E-state index in [0.717, 1.165) is 38.2 Å². The van der Waals surface area contributed by atoms with Crippen LogP contribution in [0.3, 0.4) is 0 Å². The SMILES string of the molecule is O=C(O)CCC1CCCN(c2nccc3ccccc23)C1. The standard InChI is InChI=1S/C17H20N2O2/c20-16(21)8-7-13-4-3-11-19(12-13)17-15-6-2-1-5-14(15)9-10-18-17/h1-2,5-6,9-10,13H,3-4,7-8,11-12H2,(H,20,21). The summed E-state index contributed by atoms with van der Waals surface area (Å²) in [6.07, 6.45) is 5.11. The van der Waals surface area contributed by atoms with E-state index >= 15 is 0 Å². The first-order valence-corrected chi connectivity index (χ1v) is 7.54. The lowest BCUT2D eigenvalue weighted by molar-refractivity contribution is -0.137. The summed E-state index contributed by atoms with van der Waals surface area (Å²) in [5.74, 6) is 0.791. The number of pyridine rings is 1. The maximum Gasteiger partial charge on any atom is 0.303 e. The van der Waals surface area contributed by atoms with Gasteiger partial charge in [0.15, 0.2) is 0 Å². The highest BCUT2D eigenvalue weighted by Gasteiger charge is 2.22. The van der Waals surface area contributed by atoms with Gasteiger partial charge in [0.1, 0.15) is 5.82 Å². The van der Waals surface area contributed by atoms with Crippen LogP contribution in [0.2, 0.25) is 0 Å². The number of hydrogen-bond acceptors (Lipinski definition) is 3. The van der Waals surface area contributed by atoms with Gasteiger partial charge in [0, 0.05) is 31.1 Å². The Morgan fingerprint density at radius 1 is 1.33 bits per heavy atom. The number of carboxylic acids is 1. The van der Waals surface area contributed by atoms with E-state index in [-0.39, 0.29) is 6.42 Å². The van der Waals surface area contributed by atoms with Crippen LogP contribution in [0.25, 0.3) is 10.8 Å². The number of piperidine rings is 1. The summed E-state index contributed by atoms with van der Waals surface area (Å²) >= 11 is 0. The van der Waals surface area contributed by atoms with Crippen molar-refractivity contribution in [3.8, 4) is 0 Å². The zero-order valence-corrected chi connectivity index (χ0v) is 12.0. The van der Waals surface area contributed by atoms with E-state index in [0.29, 0.717) is 5.92 Å². The van der Waals surface area contributed by atoms with Gasteiger partial charge in [-0.1, -0.05) is 24.3 Å². The molecule has 4 nitrogen and oxygen atoms in total. The Morgan fingerprint density at radius 2 is 2.19 bits per heavy atom. The topological polar surface area (TPSA) is 53.4 Å². The first-order chi connectivity index (χ1) is 10.2. The third-order valence-corrected chi connectivity index (χ3v) is 4.24. The average molecular weight is 284 g/mol. The molecule has 21 heavy (non-hydrogen) atoms. The number of carbonyl (C=O) groups is 1. The number of anilines is 1. The Bertz CT molecular complexity index is 636. The first-order valence-electron chi connectivity index (χ1n) is 7.54. The summed E-state index contributed by atoms with van der Waals surface area (Å²) in [4.78, 5) is 17.6. The number of aromatic nitrogens is 1. The van der Waals surface area contributed by atoms with Crippen LogP contribution in [0.1, 0.15) is 25.7 Å². The predicted octanol–water partition coefficient (Wildman–Crippen LogP) is 3.32. The second-order valence-electron chi connectivity index (χ2n) is 5.74. The van der Waals surface area contributed by atoms with Gasteiger partial charge in [-0.2, -0.15) is 0 Å². The molecular formula is C17H20N2O2. The summed E-state index contributed by atoms with van der Waals surface area (Å²) in [6, 6.07) is 10.3. The highest BCUT2D eigenvalue weighted by Crippen LogP contribution is 2.29. The minimum atomic E-state index is -0.699. The number of benzene rings is 1. The van der Waals surface area contributed by atoms with E-state index in [4.69, 9.17) is 5.11 Å². The normalized spacial score (nSPS) is 18.9. The Labute approximate surface area is 124 Å². The predicted molar refractivity (Wildman–Crippen MR) is 83.5 cm³/mol. The third kappa shape index (κ3) is 3.15. The molecule has 1 atom stereocenters. The Balaban J connectivity index is 1.80. The van der Waals surface area contributed by atoms with Crippen molar-refractivity contribution in [3.63, 3.8) is 0 Å². The molecule has 1 aliphatic heterocycles. The van der Waals surface area contributed by atoms with Gasteiger partial charge in [-0.05, 0) is 36.6 Å². The zero-order chi connectivity index (χ0) is 14.7. The molecule has 1 aromatic heterocycles. The Morgan fingerprint density at radius 3 is 3.05 bits per heavy atom. The van der Waals surface area contributed by atoms with Crippen molar-refractivity contribution in [2.45, 2.75) is 25.7 Å². The van der Waals surface area contributed by atoms with Crippen molar-refractivity contribution < 1.29 is 9.90 Å². The molecule has 1 unspecified atom stereocenters. The number of aliphatic carboxylic acids is 1. The maximum atomic E-state index is 10.7. The fraction of sp³-hybridized carbons (Fsp3) is 0.412. The van der Waals surface area contributed by atoms with Crippen molar-refractivity contribution in [1.29, 1.82) is 0 Å². The molecule has 1 aliphatic rings. The molecule has 3 rings (SSSR count). The minimum absolute atomic E-state index is 0.265. The molecule has 1 fully saturated rings. The van der Waals surface area contributed by atoms with Crippen molar-refractivity contribution in [2.75, 3.05) is 18.0 Å². The number of nitrogens with zero attached hydrogens (tertiary/aromatic N) is 2. The number of fused-ring (bicyclic) bond motifs is 1. The smallest absolute Gasteiger partial charge is 0.303 e. The molecule has 0 radical (unpaired) electrons. The van der Waals surface area contributed by atoms with Gasteiger partial charge in [-0.3, -0.25) is 4.79 Å². The van der Waals surface area contributed by atoms with Gasteiger partial charge >= 0.3 is 5.97 Å². The van der Waals surface area contributed by atoms with Crippen LogP contribution in [0.5, 0.6) is 0 Å². The van der Waals surface area contributed by atoms with Crippen LogP contribution in [0, 0.1) is 5.92 Å². The Kier molecular flexibility index (Phi) is 4.04. The summed E-state index contributed by atoms with van der Waals surface area (Å²) in [5.41, 5.74) is 0. The second kappa shape index (κ2) is 6.12. The lowest BCUT2D eigenvalue weighted by atomic mass is 9.93. The van der Waals surface area contributed by atoms with Crippen LogP contribution in [-0.2, 0) is 4.79 Å². The molecule has 1 saturated heterocycles. The lowest BCUT2D eigenvalue weighted by Crippen LogP contribution is -2.36. The van der Waals surface area contributed by atoms with Crippen molar-refractivity contribution in [1.82, 2.24) is 4.98 Å². The lowest BCUT2D eigenvalue weighted by Gasteiger charge is -2.34. The second-order valence-corrected chi connectivity index (χ2v) is 5.74. The minimum Gasteiger partial charge on any atom is -0.481 e. The molecule has 2 aromatic rings. The molecule has 1 aromatic carbocycles. The third-order valence-electron chi connectivity index (χ3n) is 4.24. The summed E-state index contributed by atoms with van der Waals surface area (Å²) in [7, 11) is 0. The van der Waals surface area contributed by atoms with Crippen molar-refractivity contribution in [2.24, 2.45) is 5.92 Å². The molecule has 4 heteroatoms. The van der Waals surface area contributed by atoms with E-state index in [1.807, 2.05) is 24.4 Å². The van der Waals surface area contributed by atoms with Crippen molar-refractivity contribution in [3.05, 3.63) is 36.5 Å². The van der Waals surface area contributed by atoms with E-state index in [1.54, 1.807) is 0 Å². The van der Waals surface area contributed by atoms with E-state index in [2.05, 4.69) is 22.0 Å². The number of rotatable bonds is 4. The Hall–Kier alpha value is -2.10. The van der Waals surface area contributed by atoms with Crippen molar-refractivity contribution >= 4 is 22.6 Å². The van der Waals surface area contributed by atoms with Gasteiger partial charge in [-0.15, -0.1) is 0 Å². The summed E-state index contributed by atoms with van der Waals surface area (Å²) < 4.78 is 0. The monoisotopic (exact) mass is 284 g/mol. The molecule has 0 spiro atoms. The molecule has 0 saturated carbocycles. The highest BCUT2D eigenvalue weighted by atomic mass is 16.4. The van der Waals surface area contributed by atoms with E-state index in [9.17, 15) is 4.79 Å². The fourth-order valence-corrected chi connectivity index (χ4v) is 3.18. The molecule has 0 aliphatic carbocycles. The molecule has 0 amide bonds. The first kappa shape index (κ1) is 13.9. The molecule has 110 valence electrons. The molecular weight excluding hydrogens is 264 g/mol. The van der Waals surface area contributed by atoms with Crippen LogP contribution in [0.4, 0.5) is 5.82 Å². The molecule has 2 heterocycles. The largest absolute Gasteiger partial charge is 0.481 e. The van der Waals surface area contributed by atoms with Crippen LogP contribution < -0.4 is 4.90 Å². The van der Waals surface area contributed by atoms with Gasteiger partial charge in [0.25, 0.3) is 0 Å². The number of hydrogen-bond donors (Lipinski definition) is 1. The highest BCUT2D eigenvalue weighted by molar-refractivity contribution is 5.92. The molecule has 1 N–H and O–H groups in total. The number of carboxylic acid groups (broad SMARTS) is 1.